The van der Waals surface area contributed by atoms with Crippen molar-refractivity contribution >= 4 is 0 Å². The van der Waals surface area contributed by atoms with Crippen LogP contribution >= 0.6 is 0 Å². The van der Waals surface area contributed by atoms with Crippen molar-refractivity contribution < 1.29 is 0 Å². The Morgan fingerprint density at radius 2 is 0.744 bits per heavy atom. The normalized spacial score (nSPS) is 50.3. The molecule has 0 nitrogen and oxygen atoms in total. The Bertz CT molecular complexity index is 718. The molecule has 0 bridgehead atoms. The van der Waals surface area contributed by atoms with E-state index in [4.69, 9.17) is 0 Å². The van der Waals surface area contributed by atoms with Crippen LogP contribution in [0.5, 0.6) is 0 Å². The molecule has 7 fully saturated rings. The molecular weight excluding hydrogens is 468 g/mol. The zero-order chi connectivity index (χ0) is 26.4. The van der Waals surface area contributed by atoms with Gasteiger partial charge in [-0.1, -0.05) is 117 Å². The average Bonchev–Trinajstić information content (AvgIpc) is 3.30. The molecule has 7 aliphatic carbocycles. The quantitative estimate of drug-likeness (QED) is 0.336. The summed E-state index contributed by atoms with van der Waals surface area (Å²) in [6.45, 7) is 5.40. The van der Waals surface area contributed by atoms with Gasteiger partial charge in [-0.2, -0.15) is 0 Å². The molecule has 0 heterocycles. The first-order chi connectivity index (χ1) is 19.2. The molecule has 0 aromatic carbocycles. The van der Waals surface area contributed by atoms with Crippen molar-refractivity contribution in [3.05, 3.63) is 0 Å². The SMILES string of the molecule is CC1CCC(C2(C3CCC(C)C(C4CCCCC4)C3)C3CCCCC3C3CCCCC32)CC1C1CCCCC1. The van der Waals surface area contributed by atoms with Crippen LogP contribution in [0.3, 0.4) is 0 Å². The molecule has 0 radical (unpaired) electrons. The van der Waals surface area contributed by atoms with Gasteiger partial charge in [0.05, 0.1) is 0 Å². The van der Waals surface area contributed by atoms with Crippen LogP contribution < -0.4 is 0 Å². The van der Waals surface area contributed by atoms with Crippen LogP contribution in [-0.2, 0) is 0 Å². The zero-order valence-electron chi connectivity index (χ0n) is 26.4. The molecule has 0 aromatic rings. The van der Waals surface area contributed by atoms with E-state index < -0.39 is 0 Å². The molecule has 10 unspecified atom stereocenters. The first kappa shape index (κ1) is 27.8. The highest BCUT2D eigenvalue weighted by molar-refractivity contribution is 5.14. The fraction of sp³-hybridized carbons (Fsp3) is 1.00. The van der Waals surface area contributed by atoms with Gasteiger partial charge < -0.3 is 0 Å². The van der Waals surface area contributed by atoms with Crippen LogP contribution in [0.25, 0.3) is 0 Å². The molecular formula is C39H66. The predicted octanol–water partition coefficient (Wildman–Crippen LogP) is 11.9. The van der Waals surface area contributed by atoms with Crippen molar-refractivity contribution in [3.8, 4) is 0 Å². The molecule has 0 saturated heterocycles. The fourth-order valence-corrected chi connectivity index (χ4v) is 14.5. The zero-order valence-corrected chi connectivity index (χ0v) is 26.4. The summed E-state index contributed by atoms with van der Waals surface area (Å²) < 4.78 is 0. The van der Waals surface area contributed by atoms with E-state index in [9.17, 15) is 0 Å². The van der Waals surface area contributed by atoms with Gasteiger partial charge in [-0.3, -0.25) is 0 Å². The van der Waals surface area contributed by atoms with E-state index in [0.29, 0.717) is 0 Å². The topological polar surface area (TPSA) is 0 Å². The molecule has 0 N–H and O–H groups in total. The van der Waals surface area contributed by atoms with Gasteiger partial charge in [-0.15, -0.1) is 0 Å². The first-order valence-corrected chi connectivity index (χ1v) is 19.2. The van der Waals surface area contributed by atoms with E-state index in [0.717, 1.165) is 76.4 Å². The summed E-state index contributed by atoms with van der Waals surface area (Å²) in [7, 11) is 0. The van der Waals surface area contributed by atoms with Crippen LogP contribution in [0, 0.1) is 76.4 Å². The summed E-state index contributed by atoms with van der Waals surface area (Å²) in [6, 6.07) is 0. The Hall–Kier alpha value is 0. The van der Waals surface area contributed by atoms with Gasteiger partial charge in [-0.05, 0) is 128 Å². The summed E-state index contributed by atoms with van der Waals surface area (Å²) in [6.07, 6.45) is 38.1. The predicted molar refractivity (Wildman–Crippen MR) is 166 cm³/mol. The van der Waals surface area contributed by atoms with E-state index in [1.807, 2.05) is 0 Å². The van der Waals surface area contributed by atoms with Crippen molar-refractivity contribution in [3.63, 3.8) is 0 Å². The maximum Gasteiger partial charge on any atom is -0.0179 e. The number of fused-ring (bicyclic) bond motifs is 3. The van der Waals surface area contributed by atoms with Gasteiger partial charge in [0.2, 0.25) is 0 Å². The summed E-state index contributed by atoms with van der Waals surface area (Å²) in [4.78, 5) is 0. The summed E-state index contributed by atoms with van der Waals surface area (Å²) in [5.74, 6) is 13.0. The molecule has 7 saturated carbocycles. The molecule has 0 aromatic heterocycles. The van der Waals surface area contributed by atoms with E-state index in [-0.39, 0.29) is 0 Å². The number of hydrogen-bond donors (Lipinski definition) is 0. The van der Waals surface area contributed by atoms with Crippen LogP contribution in [0.15, 0.2) is 0 Å². The standard InChI is InChI=1S/C39H66/c1-27-21-23-31(25-35(27)29-13-5-3-6-14-29)39(32-24-22-28(2)36(26-32)30-15-7-4-8-16-30)37-19-11-9-17-33(37)34-18-10-12-20-38(34)39/h27-38H,3-26H2,1-2H3. The third-order valence-corrected chi connectivity index (χ3v) is 15.9. The maximum atomic E-state index is 2.70. The van der Waals surface area contributed by atoms with Crippen molar-refractivity contribution in [2.75, 3.05) is 0 Å². The molecule has 0 amide bonds. The average molecular weight is 535 g/mol. The minimum absolute atomic E-state index is 0.746. The van der Waals surface area contributed by atoms with E-state index in [2.05, 4.69) is 13.8 Å². The lowest BCUT2D eigenvalue weighted by atomic mass is 9.45. The van der Waals surface area contributed by atoms with E-state index >= 15 is 0 Å². The lowest BCUT2D eigenvalue weighted by molar-refractivity contribution is -0.107. The van der Waals surface area contributed by atoms with Gasteiger partial charge >= 0.3 is 0 Å². The lowest BCUT2D eigenvalue weighted by Crippen LogP contribution is -2.52. The highest BCUT2D eigenvalue weighted by Crippen LogP contribution is 2.73. The highest BCUT2D eigenvalue weighted by atomic mass is 14.7. The van der Waals surface area contributed by atoms with Gasteiger partial charge in [0.25, 0.3) is 0 Å². The van der Waals surface area contributed by atoms with E-state index in [1.165, 1.54) is 12.8 Å². The molecule has 0 spiro atoms. The van der Waals surface area contributed by atoms with Crippen molar-refractivity contribution in [2.24, 2.45) is 76.4 Å². The second kappa shape index (κ2) is 11.9. The van der Waals surface area contributed by atoms with Crippen LogP contribution in [-0.4, -0.2) is 0 Å². The van der Waals surface area contributed by atoms with Crippen molar-refractivity contribution in [1.29, 1.82) is 0 Å². The molecule has 10 atom stereocenters. The largest absolute Gasteiger partial charge is 0.0622 e. The van der Waals surface area contributed by atoms with Gasteiger partial charge in [0.1, 0.15) is 0 Å². The van der Waals surface area contributed by atoms with Crippen molar-refractivity contribution in [2.45, 2.75) is 168 Å². The molecule has 0 heteroatoms. The third-order valence-electron chi connectivity index (χ3n) is 15.9. The second-order valence-electron chi connectivity index (χ2n) is 17.2. The second-order valence-corrected chi connectivity index (χ2v) is 17.2. The Morgan fingerprint density at radius 1 is 0.359 bits per heavy atom. The lowest BCUT2D eigenvalue weighted by Gasteiger charge is -2.59. The van der Waals surface area contributed by atoms with Gasteiger partial charge in [-0.25, -0.2) is 0 Å². The number of hydrogen-bond acceptors (Lipinski definition) is 0. The minimum atomic E-state index is 0.746. The smallest absolute Gasteiger partial charge is 0.0179 e. The van der Waals surface area contributed by atoms with Gasteiger partial charge in [0, 0.05) is 0 Å². The summed E-state index contributed by atoms with van der Waals surface area (Å²) >= 11 is 0. The third kappa shape index (κ3) is 4.92. The summed E-state index contributed by atoms with van der Waals surface area (Å²) in [5.41, 5.74) is 0.746. The molecule has 7 aliphatic rings. The Labute approximate surface area is 244 Å². The van der Waals surface area contributed by atoms with Crippen molar-refractivity contribution in [1.82, 2.24) is 0 Å². The van der Waals surface area contributed by atoms with Crippen LogP contribution in [0.2, 0.25) is 0 Å². The van der Waals surface area contributed by atoms with E-state index in [1.54, 1.807) is 141 Å². The molecule has 0 aliphatic heterocycles. The Balaban J connectivity index is 1.26. The fourth-order valence-electron chi connectivity index (χ4n) is 14.5. The summed E-state index contributed by atoms with van der Waals surface area (Å²) in [5, 5.41) is 0. The minimum Gasteiger partial charge on any atom is -0.0622 e. The number of rotatable bonds is 4. The highest BCUT2D eigenvalue weighted by Gasteiger charge is 2.66. The first-order valence-electron chi connectivity index (χ1n) is 19.2. The molecule has 222 valence electrons. The monoisotopic (exact) mass is 535 g/mol. The van der Waals surface area contributed by atoms with Crippen LogP contribution in [0.4, 0.5) is 0 Å². The van der Waals surface area contributed by atoms with Crippen LogP contribution in [0.1, 0.15) is 168 Å². The Morgan fingerprint density at radius 3 is 1.18 bits per heavy atom. The Kier molecular flexibility index (Phi) is 8.52. The molecule has 7 rings (SSSR count). The maximum absolute atomic E-state index is 2.70. The molecule has 39 heavy (non-hydrogen) atoms. The van der Waals surface area contributed by atoms with Gasteiger partial charge in [0.15, 0.2) is 0 Å².